The van der Waals surface area contributed by atoms with Gasteiger partial charge in [-0.2, -0.15) is 0 Å². The summed E-state index contributed by atoms with van der Waals surface area (Å²) in [5, 5.41) is 5.50. The molecule has 2 fully saturated rings. The smallest absolute Gasteiger partial charge is 0.206 e. The van der Waals surface area contributed by atoms with E-state index in [0.29, 0.717) is 6.04 Å². The zero-order chi connectivity index (χ0) is 20.4. The molecule has 1 aliphatic carbocycles. The number of H-pyrrole nitrogens is 1. The maximum Gasteiger partial charge on any atom is 0.206 e. The van der Waals surface area contributed by atoms with Gasteiger partial charge in [0.1, 0.15) is 13.1 Å². The standard InChI is InChI=1S/C28H31N3/c1-5-19-15-23(16-20-6-2-12-30(11-1)27(19)20)25-9-10-26(29-25)24-17-21-7-3-13-31-14-4-8-22(18-24)28(21)31/h9-10,15-18,27H,1-8,11-14H2/p+1. The molecule has 0 amide bonds. The quantitative estimate of drug-likeness (QED) is 0.663. The normalized spacial score (nSPS) is 25.0. The van der Waals surface area contributed by atoms with Gasteiger partial charge in [-0.25, -0.2) is 4.58 Å². The Hall–Kier alpha value is -2.39. The first-order valence-electron chi connectivity index (χ1n) is 12.5. The van der Waals surface area contributed by atoms with Crippen molar-refractivity contribution in [2.45, 2.75) is 57.4 Å². The van der Waals surface area contributed by atoms with Crippen molar-refractivity contribution in [1.82, 2.24) is 14.5 Å². The number of rotatable bonds is 0. The minimum Gasteiger partial charge on any atom is -0.355 e. The average Bonchev–Trinajstić information content (AvgIpc) is 3.30. The highest BCUT2D eigenvalue weighted by molar-refractivity contribution is 5.72. The molecule has 1 N–H and O–H groups in total. The molecule has 2 saturated heterocycles. The zero-order valence-corrected chi connectivity index (χ0v) is 18.4. The van der Waals surface area contributed by atoms with Crippen molar-refractivity contribution in [3.63, 3.8) is 0 Å². The number of allylic oxidation sites excluding steroid dienone is 2. The summed E-state index contributed by atoms with van der Waals surface area (Å²) in [6.07, 6.45) is 15.2. The van der Waals surface area contributed by atoms with Crippen LogP contribution in [-0.2, 0) is 12.8 Å². The third-order valence-electron chi connectivity index (χ3n) is 8.21. The Morgan fingerprint density at radius 3 is 2.10 bits per heavy atom. The van der Waals surface area contributed by atoms with E-state index < -0.39 is 0 Å². The van der Waals surface area contributed by atoms with Gasteiger partial charge in [0, 0.05) is 34.7 Å². The van der Waals surface area contributed by atoms with Crippen molar-refractivity contribution in [1.29, 1.82) is 0 Å². The van der Waals surface area contributed by atoms with E-state index in [1.165, 1.54) is 99.0 Å². The van der Waals surface area contributed by atoms with E-state index in [2.05, 4.69) is 50.9 Å². The third kappa shape index (κ3) is 2.93. The van der Waals surface area contributed by atoms with Gasteiger partial charge in [0.2, 0.25) is 5.36 Å². The molecule has 0 radical (unpaired) electrons. The fourth-order valence-electron chi connectivity index (χ4n) is 6.91. The van der Waals surface area contributed by atoms with Crippen LogP contribution >= 0.6 is 0 Å². The molecule has 1 aromatic heterocycles. The van der Waals surface area contributed by atoms with E-state index in [9.17, 15) is 0 Å². The molecular formula is C28H32N3+. The van der Waals surface area contributed by atoms with Gasteiger partial charge in [-0.05, 0) is 97.8 Å². The molecule has 1 aromatic carbocycles. The van der Waals surface area contributed by atoms with Crippen molar-refractivity contribution in [2.75, 3.05) is 26.2 Å². The Balaban J connectivity index is 1.41. The highest BCUT2D eigenvalue weighted by Crippen LogP contribution is 2.38. The second-order valence-electron chi connectivity index (χ2n) is 10.2. The summed E-state index contributed by atoms with van der Waals surface area (Å²) < 4.78 is 2.63. The first-order chi connectivity index (χ1) is 15.3. The monoisotopic (exact) mass is 410 g/mol. The molecule has 4 aliphatic heterocycles. The molecule has 3 heteroatoms. The zero-order valence-electron chi connectivity index (χ0n) is 18.4. The van der Waals surface area contributed by atoms with Crippen LogP contribution in [0.5, 0.6) is 0 Å². The van der Waals surface area contributed by atoms with Crippen LogP contribution in [0.3, 0.4) is 0 Å². The lowest BCUT2D eigenvalue weighted by Gasteiger charge is -2.44. The number of aromatic nitrogens is 1. The van der Waals surface area contributed by atoms with Crippen LogP contribution < -0.4 is 15.3 Å². The summed E-state index contributed by atoms with van der Waals surface area (Å²) in [7, 11) is 0. The number of piperidine rings is 2. The van der Waals surface area contributed by atoms with Gasteiger partial charge in [0.15, 0.2) is 0 Å². The molecule has 5 heterocycles. The van der Waals surface area contributed by atoms with Crippen LogP contribution in [0.15, 0.2) is 47.6 Å². The van der Waals surface area contributed by atoms with Crippen LogP contribution in [0.2, 0.25) is 0 Å². The van der Waals surface area contributed by atoms with Gasteiger partial charge in [-0.1, -0.05) is 12.2 Å². The van der Waals surface area contributed by atoms with E-state index >= 15 is 0 Å². The van der Waals surface area contributed by atoms with Crippen LogP contribution in [0.4, 0.5) is 0 Å². The second kappa shape index (κ2) is 7.06. The van der Waals surface area contributed by atoms with E-state index in [-0.39, 0.29) is 0 Å². The van der Waals surface area contributed by atoms with E-state index in [1.807, 2.05) is 0 Å². The maximum atomic E-state index is 3.80. The minimum atomic E-state index is 0.609. The second-order valence-corrected chi connectivity index (χ2v) is 10.2. The highest BCUT2D eigenvalue weighted by atomic mass is 15.2. The Kier molecular flexibility index (Phi) is 4.15. The topological polar surface area (TPSA) is 22.0 Å². The van der Waals surface area contributed by atoms with Crippen LogP contribution in [0.25, 0.3) is 5.57 Å². The lowest BCUT2D eigenvalue weighted by Crippen LogP contribution is -2.46. The number of benzene rings is 1. The summed E-state index contributed by atoms with van der Waals surface area (Å²) in [5.41, 5.74) is 7.82. The number of hydrogen-bond acceptors (Lipinski definition) is 1. The van der Waals surface area contributed by atoms with Gasteiger partial charge >= 0.3 is 0 Å². The summed E-state index contributed by atoms with van der Waals surface area (Å²) in [4.78, 5) is 6.51. The van der Waals surface area contributed by atoms with Gasteiger partial charge in [0.05, 0.1) is 6.04 Å². The Bertz CT molecular complexity index is 1280. The molecule has 2 aromatic rings. The fourth-order valence-corrected chi connectivity index (χ4v) is 6.91. The Morgan fingerprint density at radius 1 is 0.774 bits per heavy atom. The van der Waals surface area contributed by atoms with Crippen molar-refractivity contribution in [2.24, 2.45) is 0 Å². The van der Waals surface area contributed by atoms with Crippen LogP contribution in [0.1, 0.15) is 49.7 Å². The molecule has 0 saturated carbocycles. The first kappa shape index (κ1) is 18.2. The molecule has 31 heavy (non-hydrogen) atoms. The largest absolute Gasteiger partial charge is 0.355 e. The SMILES string of the molecule is C1=C2CCCN3CCCC(=CC1=c1ccc(=c4cc5c6c(c4)CCC[N+]=6CCC5)[nH]1)C23. The predicted octanol–water partition coefficient (Wildman–Crippen LogP) is 2.96. The predicted molar refractivity (Wildman–Crippen MR) is 125 cm³/mol. The first-order valence-corrected chi connectivity index (χ1v) is 12.5. The molecule has 0 spiro atoms. The van der Waals surface area contributed by atoms with Crippen molar-refractivity contribution < 1.29 is 0 Å². The minimum absolute atomic E-state index is 0.609. The van der Waals surface area contributed by atoms with Crippen molar-refractivity contribution in [3.8, 4) is 0 Å². The summed E-state index contributed by atoms with van der Waals surface area (Å²) in [5.74, 6) is 0. The molecule has 0 bridgehead atoms. The Labute approximate surface area is 183 Å². The van der Waals surface area contributed by atoms with E-state index in [0.717, 1.165) is 0 Å². The molecule has 0 atom stereocenters. The molecule has 0 unspecified atom stereocenters. The summed E-state index contributed by atoms with van der Waals surface area (Å²) >= 11 is 0. The van der Waals surface area contributed by atoms with Crippen LogP contribution in [-0.4, -0.2) is 42.1 Å². The number of aryl methyl sites for hydroxylation is 2. The molecule has 7 rings (SSSR count). The molecule has 3 nitrogen and oxygen atoms in total. The Morgan fingerprint density at radius 2 is 1.42 bits per heavy atom. The van der Waals surface area contributed by atoms with E-state index in [4.69, 9.17) is 0 Å². The number of nitrogens with zero attached hydrogens (tertiary/aromatic N) is 2. The fraction of sp³-hybridized carbons (Fsp3) is 0.464. The van der Waals surface area contributed by atoms with Crippen molar-refractivity contribution >= 4 is 5.57 Å². The summed E-state index contributed by atoms with van der Waals surface area (Å²) in [6, 6.07) is 10.1. The lowest BCUT2D eigenvalue weighted by atomic mass is 9.79. The van der Waals surface area contributed by atoms with Gasteiger partial charge in [-0.15, -0.1) is 0 Å². The molecule has 158 valence electrons. The van der Waals surface area contributed by atoms with Gasteiger partial charge in [0.25, 0.3) is 0 Å². The maximum absolute atomic E-state index is 3.80. The van der Waals surface area contributed by atoms with Crippen LogP contribution in [0, 0.1) is 10.6 Å². The van der Waals surface area contributed by atoms with E-state index in [1.54, 1.807) is 27.6 Å². The third-order valence-corrected chi connectivity index (χ3v) is 8.21. The number of aromatic amines is 1. The average molecular weight is 411 g/mol. The number of hydrogen-bond donors (Lipinski definition) is 1. The van der Waals surface area contributed by atoms with Crippen molar-refractivity contribution in [3.05, 3.63) is 80.0 Å². The van der Waals surface area contributed by atoms with Gasteiger partial charge < -0.3 is 4.98 Å². The lowest BCUT2D eigenvalue weighted by molar-refractivity contribution is 0.185. The highest BCUT2D eigenvalue weighted by Gasteiger charge is 2.34. The molecular weight excluding hydrogens is 378 g/mol. The molecule has 5 aliphatic rings. The van der Waals surface area contributed by atoms with Gasteiger partial charge in [-0.3, -0.25) is 4.90 Å². The summed E-state index contributed by atoms with van der Waals surface area (Å²) in [6.45, 7) is 5.04. The number of nitrogens with one attached hydrogen (secondary N) is 1.